The zero-order valence-electron chi connectivity index (χ0n) is 20.8. The van der Waals surface area contributed by atoms with Gasteiger partial charge in [0.1, 0.15) is 12.4 Å². The van der Waals surface area contributed by atoms with E-state index in [1.54, 1.807) is 12.3 Å². The summed E-state index contributed by atoms with van der Waals surface area (Å²) in [6.45, 7) is 6.36. The van der Waals surface area contributed by atoms with Gasteiger partial charge in [-0.05, 0) is 24.6 Å². The summed E-state index contributed by atoms with van der Waals surface area (Å²) in [6.07, 6.45) is 23.7. The zero-order valence-corrected chi connectivity index (χ0v) is 22.3. The number of nitrogens with zero attached hydrogens (tertiary/aromatic N) is 1. The number of carbonyl (C=O) groups excluding carboxylic acids is 1. The second-order valence-corrected chi connectivity index (χ2v) is 9.69. The Labute approximate surface area is 210 Å². The lowest BCUT2D eigenvalue weighted by molar-refractivity contribution is -0.121. The number of ether oxygens (including phenoxy) is 1. The molecule has 0 aliphatic rings. The molecular weight excluding hydrogens is 476 g/mol. The van der Waals surface area contributed by atoms with Gasteiger partial charge in [-0.3, -0.25) is 4.79 Å². The van der Waals surface area contributed by atoms with E-state index in [0.29, 0.717) is 18.8 Å². The molecule has 0 aliphatic carbocycles. The summed E-state index contributed by atoms with van der Waals surface area (Å²) in [5.74, 6) is 0.669. The van der Waals surface area contributed by atoms with Crippen LogP contribution in [-0.2, 0) is 4.79 Å². The molecular formula is C28H45BrN2O2. The number of rotatable bonds is 21. The summed E-state index contributed by atoms with van der Waals surface area (Å²) in [6, 6.07) is 5.68. The molecule has 1 N–H and O–H groups in total. The Bertz CT molecular complexity index is 676. The van der Waals surface area contributed by atoms with Gasteiger partial charge in [0.25, 0.3) is 0 Å². The van der Waals surface area contributed by atoms with E-state index in [2.05, 4.69) is 40.0 Å². The largest absolute Gasteiger partial charge is 0.489 e. The van der Waals surface area contributed by atoms with Gasteiger partial charge in [0, 0.05) is 16.5 Å². The molecule has 0 fully saturated rings. The predicted molar refractivity (Wildman–Crippen MR) is 145 cm³/mol. The van der Waals surface area contributed by atoms with Gasteiger partial charge in [0.05, 0.1) is 6.21 Å². The molecule has 1 rings (SSSR count). The molecule has 0 saturated carbocycles. The lowest BCUT2D eigenvalue weighted by Gasteiger charge is -2.07. The summed E-state index contributed by atoms with van der Waals surface area (Å²) in [5, 5.41) is 4.09. The van der Waals surface area contributed by atoms with Crippen molar-refractivity contribution in [2.75, 3.05) is 6.61 Å². The van der Waals surface area contributed by atoms with Gasteiger partial charge in [-0.1, -0.05) is 125 Å². The first kappa shape index (κ1) is 29.4. The van der Waals surface area contributed by atoms with Crippen LogP contribution < -0.4 is 10.2 Å². The minimum Gasteiger partial charge on any atom is -0.489 e. The van der Waals surface area contributed by atoms with Crippen LogP contribution in [0.2, 0.25) is 0 Å². The van der Waals surface area contributed by atoms with Gasteiger partial charge in [-0.2, -0.15) is 5.10 Å². The molecule has 0 aromatic heterocycles. The Kier molecular flexibility index (Phi) is 18.7. The van der Waals surface area contributed by atoms with Crippen LogP contribution in [0.3, 0.4) is 0 Å². The Morgan fingerprint density at radius 1 is 0.939 bits per heavy atom. The van der Waals surface area contributed by atoms with E-state index in [1.807, 2.05) is 18.2 Å². The molecule has 1 aromatic rings. The van der Waals surface area contributed by atoms with Crippen LogP contribution in [0.4, 0.5) is 0 Å². The fourth-order valence-corrected chi connectivity index (χ4v) is 4.17. The van der Waals surface area contributed by atoms with Crippen molar-refractivity contribution >= 4 is 28.1 Å². The van der Waals surface area contributed by atoms with E-state index in [4.69, 9.17) is 4.74 Å². The van der Waals surface area contributed by atoms with Gasteiger partial charge in [0.15, 0.2) is 0 Å². The third kappa shape index (κ3) is 16.6. The van der Waals surface area contributed by atoms with Crippen LogP contribution in [0.15, 0.2) is 40.4 Å². The quantitative estimate of drug-likeness (QED) is 0.0761. The van der Waals surface area contributed by atoms with E-state index in [1.165, 1.54) is 83.5 Å². The summed E-state index contributed by atoms with van der Waals surface area (Å²) in [7, 11) is 0. The summed E-state index contributed by atoms with van der Waals surface area (Å²) in [4.78, 5) is 12.0. The average molecular weight is 522 g/mol. The first-order valence-electron chi connectivity index (χ1n) is 13.0. The SMILES string of the molecule is C=CCOc1ccc(Br)cc1/C=N\NC(=O)CCCCCCCCCCCCCCCCC. The third-order valence-corrected chi connectivity index (χ3v) is 6.22. The number of unbranched alkanes of at least 4 members (excludes halogenated alkanes) is 14. The zero-order chi connectivity index (χ0) is 24.0. The number of benzene rings is 1. The molecule has 186 valence electrons. The average Bonchev–Trinajstić information content (AvgIpc) is 2.81. The highest BCUT2D eigenvalue weighted by molar-refractivity contribution is 9.10. The summed E-state index contributed by atoms with van der Waals surface area (Å²) >= 11 is 3.45. The number of halogens is 1. The molecule has 0 heterocycles. The van der Waals surface area contributed by atoms with E-state index in [0.717, 1.165) is 22.9 Å². The Morgan fingerprint density at radius 3 is 2.03 bits per heavy atom. The maximum atomic E-state index is 12.0. The van der Waals surface area contributed by atoms with Crippen molar-refractivity contribution in [2.24, 2.45) is 5.10 Å². The van der Waals surface area contributed by atoms with Crippen LogP contribution in [0.1, 0.15) is 115 Å². The Balaban J connectivity index is 2.00. The van der Waals surface area contributed by atoms with Crippen molar-refractivity contribution in [3.63, 3.8) is 0 Å². The van der Waals surface area contributed by atoms with Gasteiger partial charge in [0.2, 0.25) is 5.91 Å². The van der Waals surface area contributed by atoms with Crippen molar-refractivity contribution in [1.82, 2.24) is 5.43 Å². The molecule has 0 spiro atoms. The molecule has 0 saturated heterocycles. The van der Waals surface area contributed by atoms with Crippen molar-refractivity contribution in [3.8, 4) is 5.75 Å². The summed E-state index contributed by atoms with van der Waals surface area (Å²) in [5.41, 5.74) is 3.43. The number of nitrogens with one attached hydrogen (secondary N) is 1. The molecule has 1 amide bonds. The maximum absolute atomic E-state index is 12.0. The molecule has 33 heavy (non-hydrogen) atoms. The van der Waals surface area contributed by atoms with Crippen molar-refractivity contribution in [3.05, 3.63) is 40.9 Å². The maximum Gasteiger partial charge on any atom is 0.240 e. The van der Waals surface area contributed by atoms with E-state index in [9.17, 15) is 4.79 Å². The van der Waals surface area contributed by atoms with Gasteiger partial charge >= 0.3 is 0 Å². The number of hydrogen-bond acceptors (Lipinski definition) is 3. The lowest BCUT2D eigenvalue weighted by atomic mass is 10.0. The van der Waals surface area contributed by atoms with Gasteiger partial charge < -0.3 is 4.74 Å². The number of carbonyl (C=O) groups is 1. The van der Waals surface area contributed by atoms with E-state index in [-0.39, 0.29) is 5.91 Å². The van der Waals surface area contributed by atoms with E-state index >= 15 is 0 Å². The summed E-state index contributed by atoms with van der Waals surface area (Å²) < 4.78 is 6.55. The fourth-order valence-electron chi connectivity index (χ4n) is 3.79. The molecule has 0 bridgehead atoms. The Morgan fingerprint density at radius 2 is 1.48 bits per heavy atom. The second-order valence-electron chi connectivity index (χ2n) is 8.77. The standard InChI is InChI=1S/C28H45BrN2O2/c1-3-5-6-7-8-9-10-11-12-13-14-15-16-17-18-19-28(32)31-30-24-25-23-26(29)20-21-27(25)33-22-4-2/h4,20-21,23-24H,2-3,5-19,22H2,1H3,(H,31,32)/b30-24-. The molecule has 4 nitrogen and oxygen atoms in total. The van der Waals surface area contributed by atoms with Crippen molar-refractivity contribution in [2.45, 2.75) is 110 Å². The monoisotopic (exact) mass is 520 g/mol. The van der Waals surface area contributed by atoms with Gasteiger partial charge in [-0.25, -0.2) is 5.43 Å². The second kappa shape index (κ2) is 20.9. The Hall–Kier alpha value is -1.62. The van der Waals surface area contributed by atoms with Crippen molar-refractivity contribution < 1.29 is 9.53 Å². The first-order chi connectivity index (χ1) is 16.2. The number of amides is 1. The minimum atomic E-state index is -0.0375. The molecule has 0 atom stereocenters. The molecule has 0 radical (unpaired) electrons. The van der Waals surface area contributed by atoms with Crippen LogP contribution >= 0.6 is 15.9 Å². The van der Waals surface area contributed by atoms with Crippen LogP contribution in [0, 0.1) is 0 Å². The van der Waals surface area contributed by atoms with Crippen molar-refractivity contribution in [1.29, 1.82) is 0 Å². The highest BCUT2D eigenvalue weighted by Crippen LogP contribution is 2.22. The van der Waals surface area contributed by atoms with Gasteiger partial charge in [-0.15, -0.1) is 0 Å². The fraction of sp³-hybridized carbons (Fsp3) is 0.643. The van der Waals surface area contributed by atoms with Crippen LogP contribution in [0.25, 0.3) is 0 Å². The smallest absolute Gasteiger partial charge is 0.240 e. The van der Waals surface area contributed by atoms with Crippen LogP contribution in [-0.4, -0.2) is 18.7 Å². The molecule has 1 aromatic carbocycles. The molecule has 0 unspecified atom stereocenters. The molecule has 0 aliphatic heterocycles. The minimum absolute atomic E-state index is 0.0375. The highest BCUT2D eigenvalue weighted by Gasteiger charge is 2.03. The first-order valence-corrected chi connectivity index (χ1v) is 13.8. The van der Waals surface area contributed by atoms with Crippen LogP contribution in [0.5, 0.6) is 5.75 Å². The number of hydrogen-bond donors (Lipinski definition) is 1. The third-order valence-electron chi connectivity index (χ3n) is 5.73. The predicted octanol–water partition coefficient (Wildman–Crippen LogP) is 8.73. The highest BCUT2D eigenvalue weighted by atomic mass is 79.9. The normalized spacial score (nSPS) is 11.1. The molecule has 5 heteroatoms. The van der Waals surface area contributed by atoms with E-state index < -0.39 is 0 Å². The topological polar surface area (TPSA) is 50.7 Å². The number of hydrazone groups is 1. The lowest BCUT2D eigenvalue weighted by Crippen LogP contribution is -2.17.